The molecule has 1 rings (SSSR count). The number of rotatable bonds is 8. The molecule has 20 heavy (non-hydrogen) atoms. The lowest BCUT2D eigenvalue weighted by Gasteiger charge is -2.25. The van der Waals surface area contributed by atoms with Gasteiger partial charge in [0.05, 0.1) is 26.4 Å². The van der Waals surface area contributed by atoms with Crippen LogP contribution in [0.15, 0.2) is 18.2 Å². The zero-order valence-electron chi connectivity index (χ0n) is 12.6. The molecule has 0 aliphatic heterocycles. The van der Waals surface area contributed by atoms with Gasteiger partial charge in [0.25, 0.3) is 0 Å². The van der Waals surface area contributed by atoms with Gasteiger partial charge in [-0.05, 0) is 25.5 Å². The molecule has 0 aliphatic rings. The minimum atomic E-state index is -0.709. The first kappa shape index (κ1) is 16.8. The molecule has 114 valence electrons. The van der Waals surface area contributed by atoms with Crippen molar-refractivity contribution in [2.24, 2.45) is 0 Å². The lowest BCUT2D eigenvalue weighted by molar-refractivity contribution is 0.109. The Bertz CT molecular complexity index is 409. The van der Waals surface area contributed by atoms with E-state index >= 15 is 0 Å². The second-order valence-corrected chi connectivity index (χ2v) is 4.82. The van der Waals surface area contributed by atoms with Crippen molar-refractivity contribution in [3.63, 3.8) is 0 Å². The van der Waals surface area contributed by atoms with Crippen LogP contribution in [0.5, 0.6) is 11.5 Å². The average molecular weight is 283 g/mol. The normalized spacial score (nSPS) is 15.5. The van der Waals surface area contributed by atoms with Crippen molar-refractivity contribution in [3.8, 4) is 11.5 Å². The number of benzene rings is 1. The van der Waals surface area contributed by atoms with Crippen LogP contribution in [0.4, 0.5) is 0 Å². The maximum Gasteiger partial charge on any atom is 0.128 e. The number of hydrogen-bond acceptors (Lipinski definition) is 5. The zero-order chi connectivity index (χ0) is 15.1. The first-order chi connectivity index (χ1) is 9.53. The summed E-state index contributed by atoms with van der Waals surface area (Å²) in [6.07, 6.45) is -0.420. The van der Waals surface area contributed by atoms with Gasteiger partial charge in [0.2, 0.25) is 0 Å². The third-order valence-electron chi connectivity index (χ3n) is 3.26. The summed E-state index contributed by atoms with van der Waals surface area (Å²) in [7, 11) is 3.15. The van der Waals surface area contributed by atoms with Gasteiger partial charge in [-0.1, -0.05) is 6.92 Å². The number of nitrogens with one attached hydrogen (secondary N) is 1. The van der Waals surface area contributed by atoms with Crippen molar-refractivity contribution < 1.29 is 19.7 Å². The Morgan fingerprint density at radius 3 is 2.40 bits per heavy atom. The second kappa shape index (κ2) is 8.09. The maximum absolute atomic E-state index is 10.5. The highest BCUT2D eigenvalue weighted by Gasteiger charge is 2.22. The predicted molar refractivity (Wildman–Crippen MR) is 78.3 cm³/mol. The van der Waals surface area contributed by atoms with E-state index in [0.717, 1.165) is 6.42 Å². The van der Waals surface area contributed by atoms with E-state index in [2.05, 4.69) is 5.32 Å². The standard InChI is InChI=1S/C15H25NO4/c1-5-13(16-9-10(2)17)15(18)12-7-6-11(19-3)8-14(12)20-4/h6-8,10,13,15-18H,5,9H2,1-4H3. The molecule has 3 N–H and O–H groups in total. The molecule has 0 fully saturated rings. The van der Waals surface area contributed by atoms with Gasteiger partial charge in [-0.3, -0.25) is 0 Å². The number of ether oxygens (including phenoxy) is 2. The smallest absolute Gasteiger partial charge is 0.128 e. The Balaban J connectivity index is 2.90. The van der Waals surface area contributed by atoms with Gasteiger partial charge in [-0.15, -0.1) is 0 Å². The van der Waals surface area contributed by atoms with Crippen LogP contribution in [-0.4, -0.2) is 43.1 Å². The quantitative estimate of drug-likeness (QED) is 0.674. The zero-order valence-corrected chi connectivity index (χ0v) is 12.6. The van der Waals surface area contributed by atoms with Crippen molar-refractivity contribution in [3.05, 3.63) is 23.8 Å². The van der Waals surface area contributed by atoms with Crippen molar-refractivity contribution in [1.29, 1.82) is 0 Å². The van der Waals surface area contributed by atoms with Crippen LogP contribution in [0.25, 0.3) is 0 Å². The van der Waals surface area contributed by atoms with E-state index in [-0.39, 0.29) is 6.04 Å². The second-order valence-electron chi connectivity index (χ2n) is 4.82. The van der Waals surface area contributed by atoms with Crippen molar-refractivity contribution in [2.75, 3.05) is 20.8 Å². The van der Waals surface area contributed by atoms with Crippen LogP contribution in [0.2, 0.25) is 0 Å². The Morgan fingerprint density at radius 2 is 1.90 bits per heavy atom. The molecule has 1 aromatic rings. The van der Waals surface area contributed by atoms with Crippen LogP contribution in [0, 0.1) is 0 Å². The lowest BCUT2D eigenvalue weighted by atomic mass is 9.99. The maximum atomic E-state index is 10.5. The number of methoxy groups -OCH3 is 2. The fourth-order valence-corrected chi connectivity index (χ4v) is 2.08. The molecule has 3 unspecified atom stereocenters. The highest BCUT2D eigenvalue weighted by atomic mass is 16.5. The van der Waals surface area contributed by atoms with Gasteiger partial charge in [-0.2, -0.15) is 0 Å². The number of aliphatic hydroxyl groups is 2. The minimum absolute atomic E-state index is 0.146. The molecule has 5 nitrogen and oxygen atoms in total. The summed E-state index contributed by atoms with van der Waals surface area (Å²) in [6.45, 7) is 4.13. The lowest BCUT2D eigenvalue weighted by Crippen LogP contribution is -2.38. The third kappa shape index (κ3) is 4.37. The monoisotopic (exact) mass is 283 g/mol. The van der Waals surface area contributed by atoms with E-state index in [1.165, 1.54) is 0 Å². The molecule has 0 aromatic heterocycles. The van der Waals surface area contributed by atoms with Crippen LogP contribution >= 0.6 is 0 Å². The molecule has 0 spiro atoms. The molecular weight excluding hydrogens is 258 g/mol. The van der Waals surface area contributed by atoms with Crippen molar-refractivity contribution in [1.82, 2.24) is 5.32 Å². The summed E-state index contributed by atoms with van der Waals surface area (Å²) in [5.74, 6) is 1.27. The summed E-state index contributed by atoms with van der Waals surface area (Å²) in [4.78, 5) is 0. The number of aliphatic hydroxyl groups excluding tert-OH is 2. The molecular formula is C15H25NO4. The Labute approximate surface area is 120 Å². The van der Waals surface area contributed by atoms with Gasteiger partial charge < -0.3 is 25.0 Å². The third-order valence-corrected chi connectivity index (χ3v) is 3.26. The molecule has 0 aliphatic carbocycles. The molecule has 0 bridgehead atoms. The van der Waals surface area contributed by atoms with E-state index in [0.29, 0.717) is 23.6 Å². The van der Waals surface area contributed by atoms with Gasteiger partial charge in [-0.25, -0.2) is 0 Å². The molecule has 0 amide bonds. The van der Waals surface area contributed by atoms with Crippen LogP contribution < -0.4 is 14.8 Å². The molecule has 0 heterocycles. The van der Waals surface area contributed by atoms with Crippen LogP contribution in [0.1, 0.15) is 31.9 Å². The minimum Gasteiger partial charge on any atom is -0.497 e. The van der Waals surface area contributed by atoms with Crippen molar-refractivity contribution >= 4 is 0 Å². The Kier molecular flexibility index (Phi) is 6.78. The van der Waals surface area contributed by atoms with Gasteiger partial charge in [0, 0.05) is 24.2 Å². The fourth-order valence-electron chi connectivity index (χ4n) is 2.08. The molecule has 0 saturated carbocycles. The fraction of sp³-hybridized carbons (Fsp3) is 0.600. The van der Waals surface area contributed by atoms with E-state index in [1.807, 2.05) is 6.92 Å². The first-order valence-corrected chi connectivity index (χ1v) is 6.84. The topological polar surface area (TPSA) is 71.0 Å². The van der Waals surface area contributed by atoms with Gasteiger partial charge >= 0.3 is 0 Å². The predicted octanol–water partition coefficient (Wildman–Crippen LogP) is 1.49. The summed E-state index contributed by atoms with van der Waals surface area (Å²) in [5.41, 5.74) is 0.707. The summed E-state index contributed by atoms with van der Waals surface area (Å²) in [5, 5.41) is 23.0. The van der Waals surface area contributed by atoms with Crippen molar-refractivity contribution in [2.45, 2.75) is 38.5 Å². The molecule has 0 radical (unpaired) electrons. The SMILES string of the molecule is CCC(NCC(C)O)C(O)c1ccc(OC)cc1OC. The van der Waals surface area contributed by atoms with Gasteiger partial charge in [0.15, 0.2) is 0 Å². The van der Waals surface area contributed by atoms with E-state index < -0.39 is 12.2 Å². The molecule has 5 heteroatoms. The van der Waals surface area contributed by atoms with E-state index in [9.17, 15) is 10.2 Å². The summed E-state index contributed by atoms with van der Waals surface area (Å²) in [6, 6.07) is 5.20. The molecule has 3 atom stereocenters. The Morgan fingerprint density at radius 1 is 1.20 bits per heavy atom. The number of hydrogen-bond donors (Lipinski definition) is 3. The Hall–Kier alpha value is -1.30. The van der Waals surface area contributed by atoms with Gasteiger partial charge in [0.1, 0.15) is 11.5 Å². The van der Waals surface area contributed by atoms with E-state index in [1.54, 1.807) is 39.3 Å². The molecule has 1 aromatic carbocycles. The highest BCUT2D eigenvalue weighted by molar-refractivity contribution is 5.42. The molecule has 0 saturated heterocycles. The first-order valence-electron chi connectivity index (χ1n) is 6.84. The van der Waals surface area contributed by atoms with Crippen LogP contribution in [-0.2, 0) is 0 Å². The average Bonchev–Trinajstić information content (AvgIpc) is 2.46. The summed E-state index contributed by atoms with van der Waals surface area (Å²) >= 11 is 0. The largest absolute Gasteiger partial charge is 0.497 e. The summed E-state index contributed by atoms with van der Waals surface area (Å²) < 4.78 is 10.5. The highest BCUT2D eigenvalue weighted by Crippen LogP contribution is 2.31. The van der Waals surface area contributed by atoms with E-state index in [4.69, 9.17) is 9.47 Å². The van der Waals surface area contributed by atoms with Crippen LogP contribution in [0.3, 0.4) is 0 Å².